The molecule has 20 heavy (non-hydrogen) atoms. The van der Waals surface area contributed by atoms with Crippen LogP contribution in [-0.2, 0) is 11.2 Å². The minimum Gasteiger partial charge on any atom is -0.481 e. The van der Waals surface area contributed by atoms with Gasteiger partial charge in [-0.15, -0.1) is 0 Å². The molecule has 0 aromatic heterocycles. The van der Waals surface area contributed by atoms with Crippen molar-refractivity contribution in [2.45, 2.75) is 13.3 Å². The van der Waals surface area contributed by atoms with Gasteiger partial charge in [0.15, 0.2) is 0 Å². The zero-order chi connectivity index (χ0) is 14.7. The largest absolute Gasteiger partial charge is 0.481 e. The summed E-state index contributed by atoms with van der Waals surface area (Å²) in [7, 11) is 2.12. The van der Waals surface area contributed by atoms with Gasteiger partial charge < -0.3 is 14.9 Å². The minimum atomic E-state index is -0.774. The number of halogens is 1. The van der Waals surface area contributed by atoms with Gasteiger partial charge in [0.05, 0.1) is 16.6 Å². The molecule has 0 spiro atoms. The zero-order valence-electron chi connectivity index (χ0n) is 12.0. The van der Waals surface area contributed by atoms with Crippen molar-refractivity contribution in [1.29, 1.82) is 0 Å². The van der Waals surface area contributed by atoms with Crippen molar-refractivity contribution in [3.63, 3.8) is 0 Å². The first-order chi connectivity index (χ1) is 9.47. The average Bonchev–Trinajstić information content (AvgIpc) is 2.40. The van der Waals surface area contributed by atoms with Gasteiger partial charge in [0.1, 0.15) is 0 Å². The topological polar surface area (TPSA) is 43.8 Å². The third kappa shape index (κ3) is 3.64. The predicted octanol–water partition coefficient (Wildman–Crippen LogP) is 2.35. The fourth-order valence-corrected chi connectivity index (χ4v) is 2.74. The number of aliphatic carboxylic acids is 1. The summed E-state index contributed by atoms with van der Waals surface area (Å²) in [6.07, 6.45) is 0.512. The molecule has 110 valence electrons. The van der Waals surface area contributed by atoms with Crippen molar-refractivity contribution >= 4 is 23.3 Å². The first-order valence-corrected chi connectivity index (χ1v) is 7.30. The van der Waals surface area contributed by atoms with Gasteiger partial charge in [-0.25, -0.2) is 0 Å². The van der Waals surface area contributed by atoms with E-state index in [1.165, 1.54) is 0 Å². The van der Waals surface area contributed by atoms with Crippen LogP contribution in [0.4, 0.5) is 5.69 Å². The molecule has 1 aromatic rings. The van der Waals surface area contributed by atoms with Crippen LogP contribution in [0, 0.1) is 5.92 Å². The fourth-order valence-electron chi connectivity index (χ4n) is 2.42. The lowest BCUT2D eigenvalue weighted by Gasteiger charge is -2.34. The summed E-state index contributed by atoms with van der Waals surface area (Å²) in [6.45, 7) is 5.73. The second-order valence-corrected chi connectivity index (χ2v) is 5.93. The van der Waals surface area contributed by atoms with E-state index in [2.05, 4.69) is 16.8 Å². The summed E-state index contributed by atoms with van der Waals surface area (Å²) in [4.78, 5) is 15.5. The number of carbonyl (C=O) groups is 1. The van der Waals surface area contributed by atoms with Crippen molar-refractivity contribution in [1.82, 2.24) is 4.90 Å². The average molecular weight is 297 g/mol. The summed E-state index contributed by atoms with van der Waals surface area (Å²) in [5, 5.41) is 9.66. The molecule has 1 heterocycles. The van der Waals surface area contributed by atoms with Gasteiger partial charge in [-0.3, -0.25) is 4.79 Å². The van der Waals surface area contributed by atoms with Crippen LogP contribution < -0.4 is 4.90 Å². The smallest absolute Gasteiger partial charge is 0.306 e. The first kappa shape index (κ1) is 15.1. The zero-order valence-corrected chi connectivity index (χ0v) is 12.7. The predicted molar refractivity (Wildman–Crippen MR) is 81.7 cm³/mol. The molecule has 1 aliphatic rings. The van der Waals surface area contributed by atoms with Crippen LogP contribution in [0.25, 0.3) is 0 Å². The lowest BCUT2D eigenvalue weighted by molar-refractivity contribution is -0.141. The molecule has 0 bridgehead atoms. The Kier molecular flexibility index (Phi) is 4.89. The highest BCUT2D eigenvalue weighted by atomic mass is 35.5. The second-order valence-electron chi connectivity index (χ2n) is 5.52. The lowest BCUT2D eigenvalue weighted by atomic mass is 10.0. The van der Waals surface area contributed by atoms with E-state index >= 15 is 0 Å². The Morgan fingerprint density at radius 3 is 2.55 bits per heavy atom. The number of carboxylic acids is 1. The molecule has 1 fully saturated rings. The van der Waals surface area contributed by atoms with Crippen LogP contribution in [-0.4, -0.2) is 49.2 Å². The van der Waals surface area contributed by atoms with Gasteiger partial charge in [-0.05, 0) is 31.2 Å². The maximum atomic E-state index is 10.9. The van der Waals surface area contributed by atoms with Crippen LogP contribution in [0.3, 0.4) is 0 Å². The Balaban J connectivity index is 2.08. The molecule has 0 radical (unpaired) electrons. The molecule has 0 aliphatic carbocycles. The lowest BCUT2D eigenvalue weighted by Crippen LogP contribution is -2.44. The van der Waals surface area contributed by atoms with Gasteiger partial charge in [0.25, 0.3) is 0 Å². The number of rotatable bonds is 4. The van der Waals surface area contributed by atoms with E-state index in [1.54, 1.807) is 6.92 Å². The first-order valence-electron chi connectivity index (χ1n) is 6.92. The molecular formula is C15H21ClN2O2. The maximum absolute atomic E-state index is 10.9. The summed E-state index contributed by atoms with van der Waals surface area (Å²) >= 11 is 6.36. The molecule has 0 amide bonds. The van der Waals surface area contributed by atoms with Crippen molar-refractivity contribution < 1.29 is 9.90 Å². The molecule has 1 unspecified atom stereocenters. The van der Waals surface area contributed by atoms with Crippen molar-refractivity contribution in [3.05, 3.63) is 28.8 Å². The van der Waals surface area contributed by atoms with Crippen molar-refractivity contribution in [3.8, 4) is 0 Å². The number of likely N-dealkylation sites (N-methyl/N-ethyl adjacent to an activating group) is 1. The fraction of sp³-hybridized carbons (Fsp3) is 0.533. The molecular weight excluding hydrogens is 276 g/mol. The Morgan fingerprint density at radius 1 is 1.35 bits per heavy atom. The van der Waals surface area contributed by atoms with Gasteiger partial charge in [0.2, 0.25) is 0 Å². The van der Waals surface area contributed by atoms with Crippen LogP contribution in [0.15, 0.2) is 18.2 Å². The van der Waals surface area contributed by atoms with Gasteiger partial charge in [-0.2, -0.15) is 0 Å². The van der Waals surface area contributed by atoms with Crippen LogP contribution in [0.1, 0.15) is 12.5 Å². The van der Waals surface area contributed by atoms with E-state index in [4.69, 9.17) is 16.7 Å². The summed E-state index contributed by atoms with van der Waals surface area (Å²) in [5.74, 6) is -1.16. The van der Waals surface area contributed by atoms with Crippen molar-refractivity contribution in [2.24, 2.45) is 5.92 Å². The molecule has 5 heteroatoms. The molecule has 4 nitrogen and oxygen atoms in total. The Hall–Kier alpha value is -1.26. The summed E-state index contributed by atoms with van der Waals surface area (Å²) in [6, 6.07) is 5.89. The molecule has 1 N–H and O–H groups in total. The Morgan fingerprint density at radius 2 is 2.00 bits per heavy atom. The number of piperazine rings is 1. The third-order valence-electron chi connectivity index (χ3n) is 3.82. The normalized spacial score (nSPS) is 18.1. The second kappa shape index (κ2) is 6.46. The van der Waals surface area contributed by atoms with E-state index in [1.807, 2.05) is 18.2 Å². The number of hydrogen-bond donors (Lipinski definition) is 1. The van der Waals surface area contributed by atoms with Gasteiger partial charge >= 0.3 is 5.97 Å². The molecule has 1 atom stereocenters. The monoisotopic (exact) mass is 296 g/mol. The Bertz CT molecular complexity index is 485. The van der Waals surface area contributed by atoms with Crippen molar-refractivity contribution in [2.75, 3.05) is 38.1 Å². The molecule has 0 saturated carbocycles. The molecule has 1 saturated heterocycles. The van der Waals surface area contributed by atoms with E-state index in [0.717, 1.165) is 37.4 Å². The highest BCUT2D eigenvalue weighted by molar-refractivity contribution is 6.33. The van der Waals surface area contributed by atoms with E-state index in [-0.39, 0.29) is 5.92 Å². The van der Waals surface area contributed by atoms with Gasteiger partial charge in [-0.1, -0.05) is 24.6 Å². The number of nitrogens with zero attached hydrogens (tertiary/aromatic N) is 2. The number of hydrogen-bond acceptors (Lipinski definition) is 3. The highest BCUT2D eigenvalue weighted by Crippen LogP contribution is 2.28. The summed E-state index contributed by atoms with van der Waals surface area (Å²) < 4.78 is 0. The van der Waals surface area contributed by atoms with Gasteiger partial charge in [0, 0.05) is 26.2 Å². The van der Waals surface area contributed by atoms with Crippen LogP contribution in [0.2, 0.25) is 5.02 Å². The molecule has 2 rings (SSSR count). The minimum absolute atomic E-state index is 0.388. The molecule has 1 aromatic carbocycles. The van der Waals surface area contributed by atoms with E-state index in [9.17, 15) is 4.79 Å². The quantitative estimate of drug-likeness (QED) is 0.926. The van der Waals surface area contributed by atoms with Crippen LogP contribution >= 0.6 is 11.6 Å². The number of carboxylic acid groups (broad SMARTS) is 1. The SMILES string of the molecule is CC(Cc1ccc(N2CCN(C)CC2)c(Cl)c1)C(=O)O. The van der Waals surface area contributed by atoms with E-state index < -0.39 is 5.97 Å². The molecule has 1 aliphatic heterocycles. The van der Waals surface area contributed by atoms with Crippen LogP contribution in [0.5, 0.6) is 0 Å². The Labute approximate surface area is 124 Å². The number of anilines is 1. The summed E-state index contributed by atoms with van der Waals surface area (Å²) in [5.41, 5.74) is 2.02. The number of benzene rings is 1. The highest BCUT2D eigenvalue weighted by Gasteiger charge is 2.17. The third-order valence-corrected chi connectivity index (χ3v) is 4.12. The van der Waals surface area contributed by atoms with E-state index in [0.29, 0.717) is 11.4 Å². The maximum Gasteiger partial charge on any atom is 0.306 e. The standard InChI is InChI=1S/C15H21ClN2O2/c1-11(15(19)20)9-12-3-4-14(13(16)10-12)18-7-5-17(2)6-8-18/h3-4,10-11H,5-9H2,1-2H3,(H,19,20).